The molecule has 1 heterocycles. The number of halogens is 1. The molecule has 1 amide bonds. The minimum absolute atomic E-state index is 0. The molecule has 5 heteroatoms. The molecule has 4 nitrogen and oxygen atoms in total. The highest BCUT2D eigenvalue weighted by molar-refractivity contribution is 5.85. The van der Waals surface area contributed by atoms with Crippen molar-refractivity contribution in [3.63, 3.8) is 0 Å². The average Bonchev–Trinajstić information content (AvgIpc) is 2.53. The van der Waals surface area contributed by atoms with Crippen LogP contribution in [0.3, 0.4) is 0 Å². The van der Waals surface area contributed by atoms with Crippen LogP contribution < -0.4 is 10.6 Å². The van der Waals surface area contributed by atoms with Crippen molar-refractivity contribution in [2.45, 2.75) is 26.7 Å². The van der Waals surface area contributed by atoms with Crippen LogP contribution in [0.2, 0.25) is 0 Å². The minimum Gasteiger partial charge on any atom is -0.356 e. The molecule has 0 bridgehead atoms. The summed E-state index contributed by atoms with van der Waals surface area (Å²) < 4.78 is 0. The van der Waals surface area contributed by atoms with E-state index in [1.54, 1.807) is 0 Å². The van der Waals surface area contributed by atoms with E-state index in [0.29, 0.717) is 0 Å². The predicted octanol–water partition coefficient (Wildman–Crippen LogP) is 2.09. The molecule has 23 heavy (non-hydrogen) atoms. The molecule has 1 aliphatic rings. The van der Waals surface area contributed by atoms with Crippen molar-refractivity contribution in [3.05, 3.63) is 35.9 Å². The van der Waals surface area contributed by atoms with Crippen molar-refractivity contribution in [2.24, 2.45) is 5.41 Å². The van der Waals surface area contributed by atoms with Crippen LogP contribution in [0.25, 0.3) is 0 Å². The first-order chi connectivity index (χ1) is 10.6. The molecule has 2 rings (SSSR count). The van der Waals surface area contributed by atoms with Gasteiger partial charge in [-0.1, -0.05) is 44.2 Å². The Morgan fingerprint density at radius 3 is 2.52 bits per heavy atom. The van der Waals surface area contributed by atoms with Gasteiger partial charge in [0.1, 0.15) is 0 Å². The van der Waals surface area contributed by atoms with Crippen LogP contribution in [0.4, 0.5) is 0 Å². The maximum atomic E-state index is 12.4. The molecule has 0 spiro atoms. The third-order valence-electron chi connectivity index (χ3n) is 4.25. The molecule has 0 saturated carbocycles. The number of piperazine rings is 1. The molecular formula is C18H30ClN3O. The highest BCUT2D eigenvalue weighted by Crippen LogP contribution is 2.21. The molecule has 1 aromatic rings. The zero-order chi connectivity index (χ0) is 15.8. The second-order valence-electron chi connectivity index (χ2n) is 6.75. The average molecular weight is 340 g/mol. The summed E-state index contributed by atoms with van der Waals surface area (Å²) in [5, 5.41) is 6.46. The van der Waals surface area contributed by atoms with Crippen LogP contribution in [0.1, 0.15) is 25.8 Å². The zero-order valence-corrected chi connectivity index (χ0v) is 15.1. The fourth-order valence-electron chi connectivity index (χ4n) is 2.87. The van der Waals surface area contributed by atoms with E-state index in [4.69, 9.17) is 0 Å². The predicted molar refractivity (Wildman–Crippen MR) is 98.1 cm³/mol. The van der Waals surface area contributed by atoms with E-state index in [1.165, 1.54) is 5.56 Å². The van der Waals surface area contributed by atoms with Crippen molar-refractivity contribution < 1.29 is 4.79 Å². The molecule has 0 unspecified atom stereocenters. The number of benzene rings is 1. The Kier molecular flexibility index (Phi) is 8.59. The number of carbonyl (C=O) groups excluding carboxylic acids is 1. The molecule has 1 aliphatic heterocycles. The summed E-state index contributed by atoms with van der Waals surface area (Å²) in [6.45, 7) is 10.3. The number of hydrogen-bond donors (Lipinski definition) is 2. The summed E-state index contributed by atoms with van der Waals surface area (Å²) >= 11 is 0. The monoisotopic (exact) mass is 339 g/mol. The van der Waals surface area contributed by atoms with E-state index < -0.39 is 0 Å². The van der Waals surface area contributed by atoms with Gasteiger partial charge in [0.2, 0.25) is 5.91 Å². The van der Waals surface area contributed by atoms with E-state index >= 15 is 0 Å². The number of hydrogen-bond acceptors (Lipinski definition) is 3. The Hall–Kier alpha value is -1.10. The SMILES string of the molecule is CC(C)(Cc1ccccc1)C(=O)NCCCN1CCNCC1.Cl. The van der Waals surface area contributed by atoms with Crippen LogP contribution in [0.15, 0.2) is 30.3 Å². The Morgan fingerprint density at radius 1 is 1.22 bits per heavy atom. The van der Waals surface area contributed by atoms with Gasteiger partial charge in [-0.25, -0.2) is 0 Å². The Bertz CT molecular complexity index is 459. The second kappa shape index (κ2) is 9.91. The van der Waals surface area contributed by atoms with Crippen LogP contribution in [-0.2, 0) is 11.2 Å². The maximum Gasteiger partial charge on any atom is 0.225 e. The largest absolute Gasteiger partial charge is 0.356 e. The van der Waals surface area contributed by atoms with Crippen molar-refractivity contribution in [1.82, 2.24) is 15.5 Å². The standard InChI is InChI=1S/C18H29N3O.ClH/c1-18(2,15-16-7-4-3-5-8-16)17(22)20-9-6-12-21-13-10-19-11-14-21;/h3-5,7-8,19H,6,9-15H2,1-2H3,(H,20,22);1H. The normalized spacial score (nSPS) is 15.7. The van der Waals surface area contributed by atoms with Gasteiger partial charge in [0.05, 0.1) is 0 Å². The highest BCUT2D eigenvalue weighted by Gasteiger charge is 2.27. The van der Waals surface area contributed by atoms with Crippen molar-refractivity contribution in [3.8, 4) is 0 Å². The van der Waals surface area contributed by atoms with E-state index in [-0.39, 0.29) is 23.7 Å². The van der Waals surface area contributed by atoms with Crippen LogP contribution >= 0.6 is 12.4 Å². The molecule has 130 valence electrons. The van der Waals surface area contributed by atoms with Crippen LogP contribution in [0, 0.1) is 5.41 Å². The van der Waals surface area contributed by atoms with Gasteiger partial charge in [-0.3, -0.25) is 4.79 Å². The molecule has 1 saturated heterocycles. The van der Waals surface area contributed by atoms with E-state index in [0.717, 1.165) is 52.1 Å². The third kappa shape index (κ3) is 6.90. The fraction of sp³-hybridized carbons (Fsp3) is 0.611. The summed E-state index contributed by atoms with van der Waals surface area (Å²) in [4.78, 5) is 14.8. The molecular weight excluding hydrogens is 310 g/mol. The Labute approximate surface area is 146 Å². The first kappa shape index (κ1) is 19.9. The van der Waals surface area contributed by atoms with Gasteiger partial charge in [-0.05, 0) is 24.9 Å². The smallest absolute Gasteiger partial charge is 0.225 e. The summed E-state index contributed by atoms with van der Waals surface area (Å²) in [6, 6.07) is 10.2. The lowest BCUT2D eigenvalue weighted by atomic mass is 9.85. The highest BCUT2D eigenvalue weighted by atomic mass is 35.5. The van der Waals surface area contributed by atoms with Crippen LogP contribution in [0.5, 0.6) is 0 Å². The first-order valence-corrected chi connectivity index (χ1v) is 8.33. The topological polar surface area (TPSA) is 44.4 Å². The van der Waals surface area contributed by atoms with Gasteiger partial charge < -0.3 is 15.5 Å². The van der Waals surface area contributed by atoms with Gasteiger partial charge in [0.15, 0.2) is 0 Å². The minimum atomic E-state index is -0.365. The van der Waals surface area contributed by atoms with Crippen molar-refractivity contribution in [2.75, 3.05) is 39.3 Å². The van der Waals surface area contributed by atoms with Gasteiger partial charge in [-0.2, -0.15) is 0 Å². The first-order valence-electron chi connectivity index (χ1n) is 8.33. The molecule has 0 radical (unpaired) electrons. The van der Waals surface area contributed by atoms with Gasteiger partial charge >= 0.3 is 0 Å². The van der Waals surface area contributed by atoms with E-state index in [1.807, 2.05) is 32.0 Å². The summed E-state index contributed by atoms with van der Waals surface area (Å²) in [5.74, 6) is 0.150. The summed E-state index contributed by atoms with van der Waals surface area (Å²) in [5.41, 5.74) is 0.847. The van der Waals surface area contributed by atoms with Gasteiger partial charge in [0.25, 0.3) is 0 Å². The van der Waals surface area contributed by atoms with E-state index in [2.05, 4.69) is 27.7 Å². The van der Waals surface area contributed by atoms with Crippen molar-refractivity contribution >= 4 is 18.3 Å². The molecule has 0 aromatic heterocycles. The number of nitrogens with zero attached hydrogens (tertiary/aromatic N) is 1. The van der Waals surface area contributed by atoms with Crippen LogP contribution in [-0.4, -0.2) is 50.1 Å². The number of nitrogens with one attached hydrogen (secondary N) is 2. The Balaban J connectivity index is 0.00000264. The quantitative estimate of drug-likeness (QED) is 0.748. The van der Waals surface area contributed by atoms with Gasteiger partial charge in [-0.15, -0.1) is 12.4 Å². The molecule has 0 atom stereocenters. The lowest BCUT2D eigenvalue weighted by Gasteiger charge is -2.27. The zero-order valence-electron chi connectivity index (χ0n) is 14.3. The third-order valence-corrected chi connectivity index (χ3v) is 4.25. The number of amides is 1. The second-order valence-corrected chi connectivity index (χ2v) is 6.75. The molecule has 0 aliphatic carbocycles. The molecule has 1 aromatic carbocycles. The summed E-state index contributed by atoms with van der Waals surface area (Å²) in [6.07, 6.45) is 1.80. The number of carbonyl (C=O) groups is 1. The lowest BCUT2D eigenvalue weighted by molar-refractivity contribution is -0.129. The lowest BCUT2D eigenvalue weighted by Crippen LogP contribution is -2.44. The van der Waals surface area contributed by atoms with Crippen molar-refractivity contribution in [1.29, 1.82) is 0 Å². The Morgan fingerprint density at radius 2 is 1.87 bits per heavy atom. The maximum absolute atomic E-state index is 12.4. The fourth-order valence-corrected chi connectivity index (χ4v) is 2.87. The molecule has 1 fully saturated rings. The van der Waals surface area contributed by atoms with E-state index in [9.17, 15) is 4.79 Å². The summed E-state index contributed by atoms with van der Waals surface area (Å²) in [7, 11) is 0. The van der Waals surface area contributed by atoms with Gasteiger partial charge in [0, 0.05) is 38.1 Å². The number of rotatable bonds is 7. The molecule has 2 N–H and O–H groups in total.